The molecule has 0 aromatic heterocycles. The van der Waals surface area contributed by atoms with E-state index < -0.39 is 26.4 Å². The van der Waals surface area contributed by atoms with Gasteiger partial charge in [0.25, 0.3) is 0 Å². The number of methoxy groups -OCH3 is 1. The lowest BCUT2D eigenvalue weighted by Crippen LogP contribution is -2.01. The number of phenols is 1. The van der Waals surface area contributed by atoms with Crippen LogP contribution in [0.2, 0.25) is 0 Å². The van der Waals surface area contributed by atoms with Crippen molar-refractivity contribution in [3.05, 3.63) is 23.0 Å². The summed E-state index contributed by atoms with van der Waals surface area (Å²) in [6, 6.07) is 1.08. The van der Waals surface area contributed by atoms with Gasteiger partial charge in [-0.1, -0.05) is 0 Å². The Morgan fingerprint density at radius 2 is 2.12 bits per heavy atom. The molecule has 0 spiro atoms. The summed E-state index contributed by atoms with van der Waals surface area (Å²) in [5.74, 6) is -2.26. The van der Waals surface area contributed by atoms with E-state index in [0.717, 1.165) is 6.07 Å². The first-order valence-electron chi connectivity index (χ1n) is 4.23. The Hall–Kier alpha value is -1.01. The largest absolute Gasteiger partial charge is 0.504 e. The maximum atomic E-state index is 13.3. The minimum atomic E-state index is -3.83. The van der Waals surface area contributed by atoms with Gasteiger partial charge in [-0.05, 0) is 18.6 Å². The van der Waals surface area contributed by atoms with Crippen molar-refractivity contribution in [1.82, 2.24) is 0 Å². The molecule has 0 aliphatic heterocycles. The second-order valence-electron chi connectivity index (χ2n) is 3.22. The van der Waals surface area contributed by atoms with Gasteiger partial charge in [-0.25, -0.2) is 12.8 Å². The van der Waals surface area contributed by atoms with Gasteiger partial charge in [-0.3, -0.25) is 0 Å². The van der Waals surface area contributed by atoms with Crippen LogP contribution in [0.1, 0.15) is 11.1 Å². The monoisotopic (exact) mass is 268 g/mol. The highest BCUT2D eigenvalue weighted by molar-refractivity contribution is 8.13. The molecule has 1 rings (SSSR count). The average Bonchev–Trinajstić information content (AvgIpc) is 2.11. The van der Waals surface area contributed by atoms with Crippen molar-refractivity contribution in [2.75, 3.05) is 7.11 Å². The average molecular weight is 269 g/mol. The Labute approximate surface area is 97.0 Å². The van der Waals surface area contributed by atoms with Gasteiger partial charge < -0.3 is 9.84 Å². The van der Waals surface area contributed by atoms with Crippen LogP contribution in [0.5, 0.6) is 11.5 Å². The van der Waals surface area contributed by atoms with Crippen molar-refractivity contribution < 1.29 is 22.7 Å². The highest BCUT2D eigenvalue weighted by Crippen LogP contribution is 2.36. The number of phenolic OH excluding ortho intramolecular Hbond substituents is 1. The molecule has 0 fully saturated rings. The normalized spacial score (nSPS) is 11.5. The Balaban J connectivity index is 3.40. The van der Waals surface area contributed by atoms with Gasteiger partial charge in [0.2, 0.25) is 9.05 Å². The van der Waals surface area contributed by atoms with E-state index in [1.54, 1.807) is 0 Å². The molecule has 4 nitrogen and oxygen atoms in total. The van der Waals surface area contributed by atoms with Crippen molar-refractivity contribution in [2.45, 2.75) is 12.7 Å². The van der Waals surface area contributed by atoms with Gasteiger partial charge >= 0.3 is 0 Å². The van der Waals surface area contributed by atoms with Gasteiger partial charge in [0, 0.05) is 16.2 Å². The Morgan fingerprint density at radius 3 is 2.56 bits per heavy atom. The second kappa shape index (κ2) is 4.47. The number of ether oxygens (including phenoxy) is 1. The first-order valence-corrected chi connectivity index (χ1v) is 6.71. The van der Waals surface area contributed by atoms with Crippen LogP contribution in [0.25, 0.3) is 0 Å². The minimum Gasteiger partial charge on any atom is -0.504 e. The molecule has 0 amide bonds. The highest BCUT2D eigenvalue weighted by atomic mass is 35.7. The fourth-order valence-electron chi connectivity index (χ4n) is 1.33. The van der Waals surface area contributed by atoms with E-state index in [2.05, 4.69) is 4.74 Å². The van der Waals surface area contributed by atoms with Gasteiger partial charge in [-0.15, -0.1) is 0 Å². The molecule has 0 saturated carbocycles. The van der Waals surface area contributed by atoms with Crippen LogP contribution in [0, 0.1) is 12.7 Å². The molecule has 0 unspecified atom stereocenters. The summed E-state index contributed by atoms with van der Waals surface area (Å²) >= 11 is 0. The lowest BCUT2D eigenvalue weighted by atomic mass is 10.1. The van der Waals surface area contributed by atoms with Gasteiger partial charge in [0.1, 0.15) is 0 Å². The molecule has 7 heteroatoms. The van der Waals surface area contributed by atoms with Crippen molar-refractivity contribution in [1.29, 1.82) is 0 Å². The standard InChI is InChI=1S/C9H10ClFO4S/c1-5-3-7(11)9(15-2)8(12)6(5)4-16(10,13)14/h3,12H,4H2,1-2H3. The Kier molecular flexibility index (Phi) is 3.64. The summed E-state index contributed by atoms with van der Waals surface area (Å²) < 4.78 is 39.7. The maximum absolute atomic E-state index is 13.3. The quantitative estimate of drug-likeness (QED) is 0.851. The molecule has 0 saturated heterocycles. The predicted octanol–water partition coefficient (Wildman–Crippen LogP) is 1.92. The number of halogens is 2. The summed E-state index contributed by atoms with van der Waals surface area (Å²) in [6.07, 6.45) is 0. The van der Waals surface area contributed by atoms with E-state index in [4.69, 9.17) is 10.7 Å². The van der Waals surface area contributed by atoms with Crippen LogP contribution < -0.4 is 4.74 Å². The van der Waals surface area contributed by atoms with Crippen LogP contribution in [-0.4, -0.2) is 20.6 Å². The molecule has 0 heterocycles. The first kappa shape index (κ1) is 13.1. The molecule has 0 aliphatic rings. The maximum Gasteiger partial charge on any atom is 0.236 e. The third-order valence-electron chi connectivity index (χ3n) is 2.06. The fourth-order valence-corrected chi connectivity index (χ4v) is 2.36. The fraction of sp³-hybridized carbons (Fsp3) is 0.333. The van der Waals surface area contributed by atoms with Crippen molar-refractivity contribution in [2.24, 2.45) is 0 Å². The zero-order valence-corrected chi connectivity index (χ0v) is 10.2. The van der Waals surface area contributed by atoms with E-state index in [0.29, 0.717) is 5.56 Å². The Morgan fingerprint density at radius 1 is 1.56 bits per heavy atom. The van der Waals surface area contributed by atoms with Crippen molar-refractivity contribution in [3.63, 3.8) is 0 Å². The van der Waals surface area contributed by atoms with E-state index in [1.165, 1.54) is 14.0 Å². The third-order valence-corrected chi connectivity index (χ3v) is 3.02. The van der Waals surface area contributed by atoms with E-state index in [-0.39, 0.29) is 11.3 Å². The number of hydrogen-bond donors (Lipinski definition) is 1. The number of rotatable bonds is 3. The summed E-state index contributed by atoms with van der Waals surface area (Å²) in [5, 5.41) is 9.63. The highest BCUT2D eigenvalue weighted by Gasteiger charge is 2.20. The molecule has 1 N–H and O–H groups in total. The zero-order chi connectivity index (χ0) is 12.5. The molecule has 0 aliphatic carbocycles. The van der Waals surface area contributed by atoms with Gasteiger partial charge in [-0.2, -0.15) is 0 Å². The topological polar surface area (TPSA) is 63.6 Å². The third kappa shape index (κ3) is 2.76. The summed E-state index contributed by atoms with van der Waals surface area (Å²) in [7, 11) is 2.42. The number of hydrogen-bond acceptors (Lipinski definition) is 4. The number of aryl methyl sites for hydroxylation is 1. The molecule has 0 atom stereocenters. The molecule has 0 radical (unpaired) electrons. The van der Waals surface area contributed by atoms with Gasteiger partial charge in [0.15, 0.2) is 17.3 Å². The Bertz CT molecular complexity index is 513. The molecule has 1 aromatic rings. The summed E-state index contributed by atoms with van der Waals surface area (Å²) in [5.41, 5.74) is 0.327. The van der Waals surface area contributed by atoms with Gasteiger partial charge in [0.05, 0.1) is 12.9 Å². The molecule has 90 valence electrons. The molecule has 0 bridgehead atoms. The minimum absolute atomic E-state index is 0.0354. The SMILES string of the molecule is COc1c(F)cc(C)c(CS(=O)(=O)Cl)c1O. The molecular weight excluding hydrogens is 259 g/mol. The van der Waals surface area contributed by atoms with Crippen LogP contribution in [0.3, 0.4) is 0 Å². The van der Waals surface area contributed by atoms with Crippen LogP contribution >= 0.6 is 10.7 Å². The molecule has 16 heavy (non-hydrogen) atoms. The lowest BCUT2D eigenvalue weighted by molar-refractivity contribution is 0.349. The van der Waals surface area contributed by atoms with Crippen LogP contribution in [0.4, 0.5) is 4.39 Å². The second-order valence-corrected chi connectivity index (χ2v) is 6.00. The first-order chi connectivity index (χ1) is 7.26. The van der Waals surface area contributed by atoms with E-state index >= 15 is 0 Å². The number of benzene rings is 1. The van der Waals surface area contributed by atoms with E-state index in [1.807, 2.05) is 0 Å². The van der Waals surface area contributed by atoms with Crippen LogP contribution in [-0.2, 0) is 14.8 Å². The zero-order valence-electron chi connectivity index (χ0n) is 8.62. The smallest absolute Gasteiger partial charge is 0.236 e. The predicted molar refractivity (Wildman–Crippen MR) is 57.8 cm³/mol. The number of aromatic hydroxyl groups is 1. The van der Waals surface area contributed by atoms with Crippen molar-refractivity contribution >= 4 is 19.7 Å². The molecule has 1 aromatic carbocycles. The lowest BCUT2D eigenvalue weighted by Gasteiger charge is -2.11. The molecular formula is C9H10ClFO4S. The van der Waals surface area contributed by atoms with Crippen molar-refractivity contribution in [3.8, 4) is 11.5 Å². The summed E-state index contributed by atoms with van der Waals surface area (Å²) in [4.78, 5) is 0. The van der Waals surface area contributed by atoms with E-state index in [9.17, 15) is 17.9 Å². The van der Waals surface area contributed by atoms with Crippen LogP contribution in [0.15, 0.2) is 6.07 Å². The summed E-state index contributed by atoms with van der Waals surface area (Å²) in [6.45, 7) is 1.47.